The Morgan fingerprint density at radius 3 is 2.48 bits per heavy atom. The number of amides is 1. The molecule has 0 bridgehead atoms. The largest absolute Gasteiger partial charge is 0.382 e. The van der Waals surface area contributed by atoms with Gasteiger partial charge in [-0.1, -0.05) is 6.07 Å². The predicted octanol–water partition coefficient (Wildman–Crippen LogP) is 3.40. The van der Waals surface area contributed by atoms with Crippen molar-refractivity contribution < 1.29 is 9.53 Å². The Bertz CT molecular complexity index is 503. The smallest absolute Gasteiger partial charge is 0.227 e. The summed E-state index contributed by atoms with van der Waals surface area (Å²) in [7, 11) is 0. The van der Waals surface area contributed by atoms with Gasteiger partial charge in [-0.3, -0.25) is 4.79 Å². The molecule has 1 saturated carbocycles. The Morgan fingerprint density at radius 2 is 1.81 bits per heavy atom. The average molecular weight is 288 g/mol. The minimum atomic E-state index is 0.153. The van der Waals surface area contributed by atoms with Gasteiger partial charge in [0.15, 0.2) is 0 Å². The first-order valence-corrected chi connectivity index (χ1v) is 7.93. The van der Waals surface area contributed by atoms with E-state index in [1.807, 2.05) is 18.2 Å². The monoisotopic (exact) mass is 288 g/mol. The van der Waals surface area contributed by atoms with E-state index in [9.17, 15) is 4.79 Å². The summed E-state index contributed by atoms with van der Waals surface area (Å²) in [5.41, 5.74) is 1.94. The third-order valence-corrected chi connectivity index (χ3v) is 4.15. The fraction of sp³-hybridized carbons (Fsp3) is 0.588. The molecule has 21 heavy (non-hydrogen) atoms. The molecule has 1 aromatic carbocycles. The van der Waals surface area contributed by atoms with Crippen molar-refractivity contribution in [1.82, 2.24) is 0 Å². The minimum Gasteiger partial charge on any atom is -0.382 e. The number of benzene rings is 1. The van der Waals surface area contributed by atoms with Crippen molar-refractivity contribution in [1.29, 1.82) is 0 Å². The Morgan fingerprint density at radius 1 is 1.14 bits per heavy atom. The van der Waals surface area contributed by atoms with E-state index in [1.165, 1.54) is 0 Å². The molecule has 114 valence electrons. The van der Waals surface area contributed by atoms with Gasteiger partial charge in [-0.2, -0.15) is 0 Å². The lowest BCUT2D eigenvalue weighted by Crippen LogP contribution is -2.36. The molecule has 4 nitrogen and oxygen atoms in total. The van der Waals surface area contributed by atoms with E-state index in [0.717, 1.165) is 37.1 Å². The molecule has 1 aliphatic heterocycles. The van der Waals surface area contributed by atoms with Crippen molar-refractivity contribution in [3.8, 4) is 0 Å². The highest BCUT2D eigenvalue weighted by Crippen LogP contribution is 2.30. The molecule has 0 radical (unpaired) electrons. The average Bonchev–Trinajstić information content (AvgIpc) is 3.21. The Balaban J connectivity index is 1.61. The summed E-state index contributed by atoms with van der Waals surface area (Å²) >= 11 is 0. The second kappa shape index (κ2) is 6.06. The van der Waals surface area contributed by atoms with Crippen LogP contribution in [0.2, 0.25) is 0 Å². The van der Waals surface area contributed by atoms with Gasteiger partial charge < -0.3 is 15.4 Å². The van der Waals surface area contributed by atoms with E-state index < -0.39 is 0 Å². The molecule has 4 heteroatoms. The molecule has 2 N–H and O–H groups in total. The van der Waals surface area contributed by atoms with Gasteiger partial charge >= 0.3 is 0 Å². The summed E-state index contributed by atoms with van der Waals surface area (Å²) < 4.78 is 5.77. The molecular formula is C17H24N2O2. The van der Waals surface area contributed by atoms with Gasteiger partial charge in [0.1, 0.15) is 0 Å². The quantitative estimate of drug-likeness (QED) is 0.892. The molecule has 1 saturated heterocycles. The van der Waals surface area contributed by atoms with Gasteiger partial charge in [0.05, 0.1) is 12.2 Å². The maximum absolute atomic E-state index is 11.8. The fourth-order valence-corrected chi connectivity index (χ4v) is 3.04. The Kier molecular flexibility index (Phi) is 4.15. The van der Waals surface area contributed by atoms with Crippen molar-refractivity contribution >= 4 is 17.3 Å². The van der Waals surface area contributed by atoms with Crippen molar-refractivity contribution in [2.45, 2.75) is 57.8 Å². The summed E-state index contributed by atoms with van der Waals surface area (Å²) in [6.07, 6.45) is 4.68. The molecule has 2 unspecified atom stereocenters. The number of hydrogen-bond donors (Lipinski definition) is 2. The standard InChI is InChI=1S/C17H24N2O2/c1-11-8-16(9-12(2)21-11)18-14-4-3-5-15(10-14)19-17(20)13-6-7-13/h3-5,10-13,16,18H,6-9H2,1-2H3,(H,19,20). The van der Waals surface area contributed by atoms with Gasteiger partial charge in [-0.25, -0.2) is 0 Å². The summed E-state index contributed by atoms with van der Waals surface area (Å²) in [5.74, 6) is 0.388. The lowest BCUT2D eigenvalue weighted by atomic mass is 9.99. The summed E-state index contributed by atoms with van der Waals surface area (Å²) in [6.45, 7) is 4.24. The van der Waals surface area contributed by atoms with Gasteiger partial charge in [-0.15, -0.1) is 0 Å². The maximum Gasteiger partial charge on any atom is 0.227 e. The zero-order valence-electron chi connectivity index (χ0n) is 12.8. The molecule has 3 rings (SSSR count). The zero-order chi connectivity index (χ0) is 14.8. The van der Waals surface area contributed by atoms with E-state index in [0.29, 0.717) is 18.2 Å². The number of ether oxygens (including phenoxy) is 1. The van der Waals surface area contributed by atoms with Crippen LogP contribution in [0.3, 0.4) is 0 Å². The molecule has 1 heterocycles. The van der Waals surface area contributed by atoms with Crippen LogP contribution in [0.5, 0.6) is 0 Å². The highest BCUT2D eigenvalue weighted by molar-refractivity contribution is 5.94. The topological polar surface area (TPSA) is 50.4 Å². The normalized spacial score (nSPS) is 29.0. The Hall–Kier alpha value is -1.55. The zero-order valence-corrected chi connectivity index (χ0v) is 12.8. The van der Waals surface area contributed by atoms with E-state index in [2.05, 4.69) is 30.5 Å². The molecular weight excluding hydrogens is 264 g/mol. The third-order valence-electron chi connectivity index (χ3n) is 4.15. The highest BCUT2D eigenvalue weighted by Gasteiger charge is 2.29. The van der Waals surface area contributed by atoms with Crippen LogP contribution in [0, 0.1) is 5.92 Å². The number of hydrogen-bond acceptors (Lipinski definition) is 3. The number of rotatable bonds is 4. The van der Waals surface area contributed by atoms with Crippen LogP contribution in [0.25, 0.3) is 0 Å². The fourth-order valence-electron chi connectivity index (χ4n) is 3.04. The van der Waals surface area contributed by atoms with Crippen molar-refractivity contribution in [2.24, 2.45) is 5.92 Å². The Labute approximate surface area is 126 Å². The predicted molar refractivity (Wildman–Crippen MR) is 84.4 cm³/mol. The molecule has 0 aromatic heterocycles. The van der Waals surface area contributed by atoms with Crippen LogP contribution in [0.4, 0.5) is 11.4 Å². The summed E-state index contributed by atoms with van der Waals surface area (Å²) in [5, 5.41) is 6.56. The van der Waals surface area contributed by atoms with Crippen LogP contribution in [0.15, 0.2) is 24.3 Å². The number of anilines is 2. The van der Waals surface area contributed by atoms with Crippen LogP contribution in [0.1, 0.15) is 39.5 Å². The lowest BCUT2D eigenvalue weighted by molar-refractivity contribution is -0.117. The van der Waals surface area contributed by atoms with Crippen molar-refractivity contribution in [3.05, 3.63) is 24.3 Å². The molecule has 1 aromatic rings. The van der Waals surface area contributed by atoms with Gasteiger partial charge in [-0.05, 0) is 57.7 Å². The molecule has 0 spiro atoms. The molecule has 1 aliphatic carbocycles. The lowest BCUT2D eigenvalue weighted by Gasteiger charge is -2.33. The van der Waals surface area contributed by atoms with Crippen molar-refractivity contribution in [2.75, 3.05) is 10.6 Å². The van der Waals surface area contributed by atoms with Crippen LogP contribution >= 0.6 is 0 Å². The maximum atomic E-state index is 11.8. The van der Waals surface area contributed by atoms with Crippen LogP contribution < -0.4 is 10.6 Å². The first kappa shape index (κ1) is 14.4. The third kappa shape index (κ3) is 3.97. The first-order valence-electron chi connectivity index (χ1n) is 7.93. The summed E-state index contributed by atoms with van der Waals surface area (Å²) in [4.78, 5) is 11.8. The van der Waals surface area contributed by atoms with E-state index in [1.54, 1.807) is 0 Å². The number of nitrogens with one attached hydrogen (secondary N) is 2. The molecule has 2 atom stereocenters. The van der Waals surface area contributed by atoms with E-state index >= 15 is 0 Å². The van der Waals surface area contributed by atoms with Gasteiger partial charge in [0.25, 0.3) is 0 Å². The molecule has 1 amide bonds. The molecule has 2 fully saturated rings. The summed E-state index contributed by atoms with van der Waals surface area (Å²) in [6, 6.07) is 8.43. The van der Waals surface area contributed by atoms with Crippen molar-refractivity contribution in [3.63, 3.8) is 0 Å². The number of carbonyl (C=O) groups excluding carboxylic acids is 1. The van der Waals surface area contributed by atoms with Gasteiger partial charge in [0.2, 0.25) is 5.91 Å². The van der Waals surface area contributed by atoms with Crippen LogP contribution in [-0.4, -0.2) is 24.2 Å². The van der Waals surface area contributed by atoms with Crippen LogP contribution in [-0.2, 0) is 9.53 Å². The second-order valence-corrected chi connectivity index (χ2v) is 6.41. The minimum absolute atomic E-state index is 0.153. The van der Waals surface area contributed by atoms with Gasteiger partial charge in [0, 0.05) is 23.3 Å². The second-order valence-electron chi connectivity index (χ2n) is 6.41. The SMILES string of the molecule is CC1CC(Nc2cccc(NC(=O)C3CC3)c2)CC(C)O1. The first-order chi connectivity index (χ1) is 10.1. The molecule has 2 aliphatic rings. The number of carbonyl (C=O) groups is 1. The highest BCUT2D eigenvalue weighted by atomic mass is 16.5. The van der Waals surface area contributed by atoms with E-state index in [-0.39, 0.29) is 11.8 Å². The van der Waals surface area contributed by atoms with E-state index in [4.69, 9.17) is 4.74 Å².